The minimum Gasteiger partial charge on any atom is -0.350 e. The first-order chi connectivity index (χ1) is 19.7. The van der Waals surface area contributed by atoms with E-state index in [1.807, 2.05) is 0 Å². The Labute approximate surface area is 235 Å². The molecule has 204 valence electrons. The normalized spacial score (nSPS) is 13.0. The number of nitrogens with one attached hydrogen (secondary N) is 2. The van der Waals surface area contributed by atoms with Gasteiger partial charge < -0.3 is 10.6 Å². The largest absolute Gasteiger partial charge is 0.350 e. The lowest BCUT2D eigenvalue weighted by molar-refractivity contribution is -0.384. The summed E-state index contributed by atoms with van der Waals surface area (Å²) in [4.78, 5) is 51.1. The van der Waals surface area contributed by atoms with Crippen LogP contribution in [0, 0.1) is 21.7 Å². The Morgan fingerprint density at radius 2 is 1.32 bits per heavy atom. The van der Waals surface area contributed by atoms with Crippen LogP contribution in [0.5, 0.6) is 0 Å². The molecule has 0 aliphatic carbocycles. The van der Waals surface area contributed by atoms with Crippen molar-refractivity contribution in [3.8, 4) is 0 Å². The monoisotopic (exact) mass is 572 g/mol. The number of hydrogen-bond donors (Lipinski definition) is 2. The predicted molar refractivity (Wildman–Crippen MR) is 149 cm³/mol. The number of halogens is 2. The van der Waals surface area contributed by atoms with Gasteiger partial charge in [0, 0.05) is 34.0 Å². The molecule has 1 aliphatic rings. The van der Waals surface area contributed by atoms with Crippen molar-refractivity contribution in [1.29, 1.82) is 0 Å². The van der Waals surface area contributed by atoms with Crippen molar-refractivity contribution in [2.45, 2.75) is 4.90 Å². The molecule has 1 heterocycles. The zero-order valence-corrected chi connectivity index (χ0v) is 21.7. The number of amides is 3. The fourth-order valence-electron chi connectivity index (χ4n) is 3.88. The molecule has 0 saturated carbocycles. The Balaban J connectivity index is 1.37. The van der Waals surface area contributed by atoms with Crippen LogP contribution in [0.25, 0.3) is 0 Å². The number of thioether (sulfide) groups is 1. The molecule has 0 radical (unpaired) electrons. The third-order valence-electron chi connectivity index (χ3n) is 5.91. The topological polar surface area (TPSA) is 122 Å². The first kappa shape index (κ1) is 27.2. The van der Waals surface area contributed by atoms with Crippen LogP contribution in [-0.4, -0.2) is 22.6 Å². The van der Waals surface area contributed by atoms with E-state index < -0.39 is 34.3 Å². The van der Waals surface area contributed by atoms with E-state index in [4.69, 9.17) is 0 Å². The summed E-state index contributed by atoms with van der Waals surface area (Å²) in [6.45, 7) is 0. The molecule has 5 rings (SSSR count). The van der Waals surface area contributed by atoms with Gasteiger partial charge in [0.1, 0.15) is 22.2 Å². The van der Waals surface area contributed by atoms with Gasteiger partial charge in [-0.1, -0.05) is 11.8 Å². The molecule has 2 N–H and O–H groups in total. The average Bonchev–Trinajstić information content (AvgIpc) is 3.19. The second kappa shape index (κ2) is 11.4. The summed E-state index contributed by atoms with van der Waals surface area (Å²) in [5, 5.41) is 16.4. The summed E-state index contributed by atoms with van der Waals surface area (Å²) >= 11 is 1.00. The highest BCUT2D eigenvalue weighted by atomic mass is 32.2. The van der Waals surface area contributed by atoms with Gasteiger partial charge in [-0.25, -0.2) is 13.7 Å². The van der Waals surface area contributed by atoms with Gasteiger partial charge in [0.15, 0.2) is 0 Å². The van der Waals surface area contributed by atoms with E-state index in [9.17, 15) is 33.3 Å². The van der Waals surface area contributed by atoms with Gasteiger partial charge in [-0.15, -0.1) is 0 Å². The number of hydrogen-bond acceptors (Lipinski definition) is 7. The molecule has 0 unspecified atom stereocenters. The third kappa shape index (κ3) is 5.97. The van der Waals surface area contributed by atoms with Crippen LogP contribution < -0.4 is 15.5 Å². The van der Waals surface area contributed by atoms with Gasteiger partial charge in [-0.3, -0.25) is 24.5 Å². The molecule has 1 aliphatic heterocycles. The molecule has 9 nitrogen and oxygen atoms in total. The number of nitro groups is 1. The molecule has 3 amide bonds. The molecule has 12 heteroatoms. The van der Waals surface area contributed by atoms with Crippen molar-refractivity contribution in [2.24, 2.45) is 0 Å². The maximum atomic E-state index is 13.5. The van der Waals surface area contributed by atoms with E-state index in [1.165, 1.54) is 60.7 Å². The number of carbonyl (C=O) groups is 3. The van der Waals surface area contributed by atoms with Crippen molar-refractivity contribution in [3.05, 3.63) is 135 Å². The van der Waals surface area contributed by atoms with Crippen LogP contribution in [0.1, 0.15) is 10.4 Å². The quantitative estimate of drug-likeness (QED) is 0.148. The highest BCUT2D eigenvalue weighted by Crippen LogP contribution is 2.38. The molecule has 0 aromatic heterocycles. The lowest BCUT2D eigenvalue weighted by atomic mass is 10.2. The molecule has 41 heavy (non-hydrogen) atoms. The number of imide groups is 1. The van der Waals surface area contributed by atoms with Gasteiger partial charge in [-0.2, -0.15) is 0 Å². The molecule has 0 spiro atoms. The molecule has 4 aromatic rings. The standard InChI is InChI=1S/C29H18F2N4O5S/c30-18-3-7-20(8-4-18)32-25-26(29(38)34(28(25)37)22-13-5-19(31)6-14-22)41-24-15-9-21(10-16-24)33-27(36)17-1-11-23(12-2-17)35(39)40/h1-16,32H,(H,33,36). The SMILES string of the molecule is O=C(Nc1ccc(SC2=C(Nc3ccc(F)cc3)C(=O)N(c3ccc(F)cc3)C2=O)cc1)c1ccc([N+](=O)[O-])cc1. The Morgan fingerprint density at radius 3 is 1.90 bits per heavy atom. The van der Waals surface area contributed by atoms with E-state index >= 15 is 0 Å². The van der Waals surface area contributed by atoms with E-state index in [0.717, 1.165) is 28.8 Å². The fourth-order valence-corrected chi connectivity index (χ4v) is 4.81. The summed E-state index contributed by atoms with van der Waals surface area (Å²) < 4.78 is 26.9. The van der Waals surface area contributed by atoms with Crippen molar-refractivity contribution in [3.63, 3.8) is 0 Å². The number of nitro benzene ring substituents is 1. The summed E-state index contributed by atoms with van der Waals surface area (Å²) in [6, 6.07) is 21.8. The van der Waals surface area contributed by atoms with Crippen LogP contribution in [0.2, 0.25) is 0 Å². The van der Waals surface area contributed by atoms with E-state index in [-0.39, 0.29) is 27.5 Å². The fraction of sp³-hybridized carbons (Fsp3) is 0. The number of benzene rings is 4. The second-order valence-electron chi connectivity index (χ2n) is 8.64. The maximum Gasteiger partial charge on any atom is 0.283 e. The number of nitrogens with zero attached hydrogens (tertiary/aromatic N) is 2. The summed E-state index contributed by atoms with van der Waals surface area (Å²) in [5.41, 5.74) is 1.05. The van der Waals surface area contributed by atoms with E-state index in [2.05, 4.69) is 10.6 Å². The predicted octanol–water partition coefficient (Wildman–Crippen LogP) is 6.11. The third-order valence-corrected chi connectivity index (χ3v) is 7.00. The first-order valence-corrected chi connectivity index (χ1v) is 12.8. The van der Waals surface area contributed by atoms with E-state index in [0.29, 0.717) is 16.3 Å². The van der Waals surface area contributed by atoms with Gasteiger partial charge in [0.05, 0.1) is 10.6 Å². The van der Waals surface area contributed by atoms with Crippen LogP contribution >= 0.6 is 11.8 Å². The minimum atomic E-state index is -0.666. The molecule has 0 saturated heterocycles. The number of carbonyl (C=O) groups excluding carboxylic acids is 3. The smallest absolute Gasteiger partial charge is 0.283 e. The van der Waals surface area contributed by atoms with Crippen LogP contribution in [0.3, 0.4) is 0 Å². The van der Waals surface area contributed by atoms with Gasteiger partial charge in [-0.05, 0) is 84.9 Å². The second-order valence-corrected chi connectivity index (χ2v) is 9.73. The minimum absolute atomic E-state index is 0.0357. The molecular weight excluding hydrogens is 554 g/mol. The molecule has 0 atom stereocenters. The van der Waals surface area contributed by atoms with Crippen molar-refractivity contribution in [1.82, 2.24) is 0 Å². The van der Waals surface area contributed by atoms with Gasteiger partial charge in [0.2, 0.25) is 0 Å². The lowest BCUT2D eigenvalue weighted by Gasteiger charge is -2.15. The van der Waals surface area contributed by atoms with Crippen molar-refractivity contribution >= 4 is 52.2 Å². The highest BCUT2D eigenvalue weighted by Gasteiger charge is 2.40. The van der Waals surface area contributed by atoms with Crippen LogP contribution in [0.4, 0.5) is 31.5 Å². The van der Waals surface area contributed by atoms with Crippen LogP contribution in [-0.2, 0) is 9.59 Å². The Morgan fingerprint density at radius 1 is 0.756 bits per heavy atom. The maximum absolute atomic E-state index is 13.5. The van der Waals surface area contributed by atoms with Crippen LogP contribution in [0.15, 0.2) is 113 Å². The first-order valence-electron chi connectivity index (χ1n) is 11.9. The summed E-state index contributed by atoms with van der Waals surface area (Å²) in [7, 11) is 0. The zero-order chi connectivity index (χ0) is 29.1. The summed E-state index contributed by atoms with van der Waals surface area (Å²) in [6.07, 6.45) is 0. The average molecular weight is 573 g/mol. The molecule has 0 bridgehead atoms. The summed E-state index contributed by atoms with van der Waals surface area (Å²) in [5.74, 6) is -2.77. The Bertz CT molecular complexity index is 1690. The Kier molecular flexibility index (Phi) is 7.57. The zero-order valence-electron chi connectivity index (χ0n) is 20.8. The molecular formula is C29H18F2N4O5S. The number of rotatable bonds is 8. The Hall–Kier alpha value is -5.36. The van der Waals surface area contributed by atoms with Gasteiger partial charge >= 0.3 is 0 Å². The van der Waals surface area contributed by atoms with E-state index in [1.54, 1.807) is 24.3 Å². The number of anilines is 3. The number of non-ortho nitro benzene ring substituents is 1. The van der Waals surface area contributed by atoms with Crippen molar-refractivity contribution < 1.29 is 28.1 Å². The lowest BCUT2D eigenvalue weighted by Crippen LogP contribution is -2.32. The highest BCUT2D eigenvalue weighted by molar-refractivity contribution is 8.04. The molecule has 0 fully saturated rings. The molecule has 4 aromatic carbocycles. The van der Waals surface area contributed by atoms with Crippen molar-refractivity contribution in [2.75, 3.05) is 15.5 Å². The van der Waals surface area contributed by atoms with Gasteiger partial charge in [0.25, 0.3) is 23.4 Å².